The van der Waals surface area contributed by atoms with Crippen molar-refractivity contribution < 1.29 is 18.0 Å². The van der Waals surface area contributed by atoms with Crippen molar-refractivity contribution in [3.63, 3.8) is 0 Å². The van der Waals surface area contributed by atoms with Crippen molar-refractivity contribution in [3.05, 3.63) is 35.4 Å². The molecule has 0 aliphatic heterocycles. The molecule has 0 saturated carbocycles. The molecule has 1 rings (SSSR count). The minimum atomic E-state index is -4.39. The summed E-state index contributed by atoms with van der Waals surface area (Å²) in [4.78, 5) is 13.0. The molecule has 4 nitrogen and oxygen atoms in total. The highest BCUT2D eigenvalue weighted by molar-refractivity contribution is 5.78. The van der Waals surface area contributed by atoms with E-state index in [4.69, 9.17) is 5.73 Å². The van der Waals surface area contributed by atoms with Crippen LogP contribution >= 0.6 is 0 Å². The molecular weight excluding hydrogens is 271 g/mol. The average molecular weight is 289 g/mol. The van der Waals surface area contributed by atoms with Crippen LogP contribution in [-0.2, 0) is 17.9 Å². The first kappa shape index (κ1) is 16.5. The number of amides is 1. The molecule has 0 unspecified atom stereocenters. The first-order chi connectivity index (χ1) is 9.31. The molecule has 3 N–H and O–H groups in total. The van der Waals surface area contributed by atoms with Gasteiger partial charge in [-0.2, -0.15) is 13.2 Å². The lowest BCUT2D eigenvalue weighted by molar-refractivity contribution is -0.138. The number of halogens is 3. The lowest BCUT2D eigenvalue weighted by atomic mass is 10.1. The average Bonchev–Trinajstić information content (AvgIpc) is 2.36. The molecule has 112 valence electrons. The van der Waals surface area contributed by atoms with Crippen LogP contribution in [0.1, 0.15) is 11.1 Å². The molecule has 0 aromatic heterocycles. The topological polar surface area (TPSA) is 58.4 Å². The zero-order valence-electron chi connectivity index (χ0n) is 11.2. The number of hydrogen-bond donors (Lipinski definition) is 2. The third-order valence-corrected chi connectivity index (χ3v) is 2.68. The summed E-state index contributed by atoms with van der Waals surface area (Å²) >= 11 is 0. The molecule has 1 aromatic carbocycles. The van der Waals surface area contributed by atoms with Gasteiger partial charge < -0.3 is 11.1 Å². The summed E-state index contributed by atoms with van der Waals surface area (Å²) in [5.41, 5.74) is 7.51. The van der Waals surface area contributed by atoms with Gasteiger partial charge in [-0.25, -0.2) is 0 Å². The van der Waals surface area contributed by atoms with Crippen LogP contribution in [0.25, 0.3) is 0 Å². The Morgan fingerprint density at radius 2 is 1.90 bits per heavy atom. The Hall–Kier alpha value is -1.60. The number of nitrogens with two attached hydrogens (primary N) is 1. The van der Waals surface area contributed by atoms with E-state index in [1.165, 1.54) is 0 Å². The lowest BCUT2D eigenvalue weighted by Gasteiger charge is -2.18. The molecule has 0 atom stereocenters. The van der Waals surface area contributed by atoms with Gasteiger partial charge in [-0.15, -0.1) is 0 Å². The molecule has 7 heteroatoms. The second-order valence-electron chi connectivity index (χ2n) is 4.54. The van der Waals surface area contributed by atoms with Gasteiger partial charge in [0.25, 0.3) is 0 Å². The Morgan fingerprint density at radius 1 is 1.30 bits per heavy atom. The first-order valence-corrected chi connectivity index (χ1v) is 6.10. The fraction of sp³-hybridized carbons (Fsp3) is 0.462. The Bertz CT molecular complexity index is 449. The zero-order valence-corrected chi connectivity index (χ0v) is 11.2. The third kappa shape index (κ3) is 6.03. The van der Waals surface area contributed by atoms with Crippen molar-refractivity contribution in [2.75, 3.05) is 20.1 Å². The van der Waals surface area contributed by atoms with E-state index in [9.17, 15) is 18.0 Å². The van der Waals surface area contributed by atoms with Gasteiger partial charge in [-0.3, -0.25) is 9.69 Å². The van der Waals surface area contributed by atoms with Crippen molar-refractivity contribution in [1.82, 2.24) is 10.2 Å². The van der Waals surface area contributed by atoms with Gasteiger partial charge in [0.15, 0.2) is 0 Å². The van der Waals surface area contributed by atoms with Gasteiger partial charge in [0, 0.05) is 13.1 Å². The van der Waals surface area contributed by atoms with Crippen molar-refractivity contribution in [3.8, 4) is 0 Å². The number of nitrogens with zero attached hydrogens (tertiary/aromatic N) is 1. The maximum absolute atomic E-state index is 12.0. The summed E-state index contributed by atoms with van der Waals surface area (Å²) in [7, 11) is 1.67. The number of carbonyl (C=O) groups is 1. The quantitative estimate of drug-likeness (QED) is 0.829. The van der Waals surface area contributed by atoms with Crippen LogP contribution in [0, 0.1) is 0 Å². The summed E-state index contributed by atoms with van der Waals surface area (Å²) in [6.45, 7) is -0.578. The van der Waals surface area contributed by atoms with Crippen LogP contribution in [0.4, 0.5) is 13.2 Å². The van der Waals surface area contributed by atoms with E-state index in [1.54, 1.807) is 11.9 Å². The van der Waals surface area contributed by atoms with Crippen LogP contribution in [0.3, 0.4) is 0 Å². The van der Waals surface area contributed by atoms with E-state index in [1.807, 2.05) is 29.6 Å². The van der Waals surface area contributed by atoms with Crippen molar-refractivity contribution in [2.45, 2.75) is 19.3 Å². The molecular formula is C13H18F3N3O. The number of likely N-dealkylation sites (N-methyl/N-ethyl adjacent to an activating group) is 1. The van der Waals surface area contributed by atoms with Gasteiger partial charge in [-0.05, 0) is 18.2 Å². The summed E-state index contributed by atoms with van der Waals surface area (Å²) < 4.78 is 35.9. The molecule has 0 radical (unpaired) electrons. The number of nitrogens with one attached hydrogen (secondary N) is 1. The summed E-state index contributed by atoms with van der Waals surface area (Å²) in [6.07, 6.45) is -4.39. The minimum absolute atomic E-state index is 0.102. The standard InChI is InChI=1S/C13H18F3N3O/c1-19(8-12(20)18-9-13(14,15)16)7-11-5-3-2-4-10(11)6-17/h2-5H,6-9,17H2,1H3,(H,18,20). The van der Waals surface area contributed by atoms with E-state index in [0.29, 0.717) is 13.1 Å². The Morgan fingerprint density at radius 3 is 2.45 bits per heavy atom. The predicted octanol–water partition coefficient (Wildman–Crippen LogP) is 1.26. The highest BCUT2D eigenvalue weighted by Gasteiger charge is 2.27. The van der Waals surface area contributed by atoms with Gasteiger partial charge in [-0.1, -0.05) is 24.3 Å². The molecule has 20 heavy (non-hydrogen) atoms. The SMILES string of the molecule is CN(CC(=O)NCC(F)(F)F)Cc1ccccc1CN. The minimum Gasteiger partial charge on any atom is -0.346 e. The molecule has 0 aliphatic rings. The summed E-state index contributed by atoms with van der Waals surface area (Å²) in [6, 6.07) is 7.48. The van der Waals surface area contributed by atoms with Crippen LogP contribution in [0.2, 0.25) is 0 Å². The Balaban J connectivity index is 2.47. The summed E-state index contributed by atoms with van der Waals surface area (Å²) in [5, 5.41) is 1.84. The van der Waals surface area contributed by atoms with E-state index in [-0.39, 0.29) is 6.54 Å². The second-order valence-corrected chi connectivity index (χ2v) is 4.54. The lowest BCUT2D eigenvalue weighted by Crippen LogP contribution is -2.39. The molecule has 0 bridgehead atoms. The molecule has 1 amide bonds. The molecule has 0 heterocycles. The largest absolute Gasteiger partial charge is 0.405 e. The highest BCUT2D eigenvalue weighted by Crippen LogP contribution is 2.12. The monoisotopic (exact) mass is 289 g/mol. The van der Waals surface area contributed by atoms with Crippen LogP contribution in [0.5, 0.6) is 0 Å². The van der Waals surface area contributed by atoms with Gasteiger partial charge in [0.1, 0.15) is 6.54 Å². The van der Waals surface area contributed by atoms with Crippen molar-refractivity contribution >= 4 is 5.91 Å². The summed E-state index contributed by atoms with van der Waals surface area (Å²) in [5.74, 6) is -0.657. The third-order valence-electron chi connectivity index (χ3n) is 2.68. The van der Waals surface area contributed by atoms with E-state index >= 15 is 0 Å². The zero-order chi connectivity index (χ0) is 15.2. The van der Waals surface area contributed by atoms with Gasteiger partial charge in [0.2, 0.25) is 5.91 Å². The number of carbonyl (C=O) groups excluding carboxylic acids is 1. The van der Waals surface area contributed by atoms with Gasteiger partial charge >= 0.3 is 6.18 Å². The fourth-order valence-electron chi connectivity index (χ4n) is 1.76. The number of benzene rings is 1. The Kier molecular flexibility index (Phi) is 5.97. The molecule has 0 aliphatic carbocycles. The molecule has 0 spiro atoms. The van der Waals surface area contributed by atoms with Crippen LogP contribution in [-0.4, -0.2) is 37.1 Å². The maximum atomic E-state index is 12.0. The van der Waals surface area contributed by atoms with Crippen molar-refractivity contribution in [2.24, 2.45) is 5.73 Å². The smallest absolute Gasteiger partial charge is 0.346 e. The van der Waals surface area contributed by atoms with E-state index < -0.39 is 18.6 Å². The molecule has 1 aromatic rings. The van der Waals surface area contributed by atoms with E-state index in [0.717, 1.165) is 11.1 Å². The molecule has 0 fully saturated rings. The predicted molar refractivity (Wildman–Crippen MR) is 69.7 cm³/mol. The number of hydrogen-bond acceptors (Lipinski definition) is 3. The Labute approximate surface area is 115 Å². The normalized spacial score (nSPS) is 11.7. The highest BCUT2D eigenvalue weighted by atomic mass is 19.4. The van der Waals surface area contributed by atoms with Crippen LogP contribution < -0.4 is 11.1 Å². The number of alkyl halides is 3. The van der Waals surface area contributed by atoms with E-state index in [2.05, 4.69) is 0 Å². The fourth-order valence-corrected chi connectivity index (χ4v) is 1.76. The molecule has 0 saturated heterocycles. The number of rotatable bonds is 6. The first-order valence-electron chi connectivity index (χ1n) is 6.10. The second kappa shape index (κ2) is 7.25. The van der Waals surface area contributed by atoms with Gasteiger partial charge in [0.05, 0.1) is 6.54 Å². The van der Waals surface area contributed by atoms with Crippen LogP contribution in [0.15, 0.2) is 24.3 Å². The van der Waals surface area contributed by atoms with Crippen molar-refractivity contribution in [1.29, 1.82) is 0 Å². The maximum Gasteiger partial charge on any atom is 0.405 e.